The summed E-state index contributed by atoms with van der Waals surface area (Å²) in [6.45, 7) is 5.18. The lowest BCUT2D eigenvalue weighted by Crippen LogP contribution is -2.59. The van der Waals surface area contributed by atoms with Crippen molar-refractivity contribution in [1.82, 2.24) is 0 Å². The molecule has 3 atom stereocenters. The van der Waals surface area contributed by atoms with Gasteiger partial charge in [0.2, 0.25) is 0 Å². The Bertz CT molecular complexity index is 331. The molecule has 18 heavy (non-hydrogen) atoms. The second-order valence-corrected chi connectivity index (χ2v) is 7.58. The third-order valence-corrected chi connectivity index (χ3v) is 6.04. The Hall–Kier alpha value is -0.120. The third-order valence-electron chi connectivity index (χ3n) is 6.04. The van der Waals surface area contributed by atoms with Crippen molar-refractivity contribution in [1.29, 1.82) is 0 Å². The Labute approximate surface area is 110 Å². The minimum Gasteiger partial charge on any atom is -0.389 e. The first kappa shape index (κ1) is 12.9. The Balaban J connectivity index is 1.84. The highest BCUT2D eigenvalue weighted by Gasteiger charge is 2.62. The number of nitrogens with two attached hydrogens (primary N) is 1. The molecule has 3 aliphatic rings. The summed E-state index contributed by atoms with van der Waals surface area (Å²) < 4.78 is 6.01. The minimum absolute atomic E-state index is 0.160. The van der Waals surface area contributed by atoms with Crippen LogP contribution in [0.3, 0.4) is 0 Å². The molecule has 104 valence electrons. The Kier molecular flexibility index (Phi) is 2.82. The second-order valence-electron chi connectivity index (χ2n) is 7.58. The summed E-state index contributed by atoms with van der Waals surface area (Å²) in [7, 11) is 0. The Morgan fingerprint density at radius 2 is 1.83 bits per heavy atom. The van der Waals surface area contributed by atoms with Crippen LogP contribution in [0.1, 0.15) is 58.8 Å². The molecule has 3 fully saturated rings. The van der Waals surface area contributed by atoms with Gasteiger partial charge in [-0.25, -0.2) is 0 Å². The van der Waals surface area contributed by atoms with Crippen LogP contribution in [0.2, 0.25) is 0 Å². The topological polar surface area (TPSA) is 55.5 Å². The molecule has 0 radical (unpaired) electrons. The number of hydrogen-bond donors (Lipinski definition) is 2. The van der Waals surface area contributed by atoms with Crippen molar-refractivity contribution in [2.75, 3.05) is 6.54 Å². The molecule has 3 heteroatoms. The monoisotopic (exact) mass is 253 g/mol. The molecular formula is C15H27NO2. The highest BCUT2D eigenvalue weighted by atomic mass is 16.5. The van der Waals surface area contributed by atoms with E-state index in [4.69, 9.17) is 10.5 Å². The highest BCUT2D eigenvalue weighted by Crippen LogP contribution is 2.58. The first-order valence-electron chi connectivity index (χ1n) is 7.49. The molecule has 2 saturated heterocycles. The van der Waals surface area contributed by atoms with Crippen molar-refractivity contribution in [3.8, 4) is 0 Å². The second kappa shape index (κ2) is 3.94. The van der Waals surface area contributed by atoms with E-state index >= 15 is 0 Å². The van der Waals surface area contributed by atoms with E-state index in [9.17, 15) is 5.11 Å². The van der Waals surface area contributed by atoms with Crippen molar-refractivity contribution in [3.05, 3.63) is 0 Å². The maximum atomic E-state index is 11.2. The lowest BCUT2D eigenvalue weighted by atomic mass is 9.56. The molecule has 1 aliphatic carbocycles. The molecule has 0 amide bonds. The summed E-state index contributed by atoms with van der Waals surface area (Å²) in [4.78, 5) is 0. The van der Waals surface area contributed by atoms with Crippen molar-refractivity contribution < 1.29 is 9.84 Å². The van der Waals surface area contributed by atoms with Crippen LogP contribution < -0.4 is 5.73 Å². The number of hydrogen-bond acceptors (Lipinski definition) is 3. The molecule has 0 aromatic rings. The largest absolute Gasteiger partial charge is 0.389 e. The molecule has 3 nitrogen and oxygen atoms in total. The summed E-state index contributed by atoms with van der Waals surface area (Å²) in [6.07, 6.45) is 7.78. The average Bonchev–Trinajstić information content (AvgIpc) is 2.94. The lowest BCUT2D eigenvalue weighted by molar-refractivity contribution is -0.144. The molecule has 0 spiro atoms. The van der Waals surface area contributed by atoms with Crippen LogP contribution in [0.4, 0.5) is 0 Å². The maximum Gasteiger partial charge on any atom is 0.0742 e. The van der Waals surface area contributed by atoms with E-state index in [1.807, 2.05) is 0 Å². The van der Waals surface area contributed by atoms with Crippen molar-refractivity contribution in [2.24, 2.45) is 16.6 Å². The van der Waals surface area contributed by atoms with E-state index in [1.165, 1.54) is 0 Å². The number of rotatable bonds is 2. The van der Waals surface area contributed by atoms with E-state index in [1.54, 1.807) is 0 Å². The van der Waals surface area contributed by atoms with Gasteiger partial charge in [0.15, 0.2) is 0 Å². The molecule has 3 N–H and O–H groups in total. The molecule has 2 bridgehead atoms. The normalized spacial score (nSPS) is 45.3. The number of fused-ring (bicyclic) bond motifs is 2. The van der Waals surface area contributed by atoms with E-state index in [0.29, 0.717) is 18.1 Å². The molecule has 2 aliphatic heterocycles. The van der Waals surface area contributed by atoms with Gasteiger partial charge in [0, 0.05) is 12.0 Å². The van der Waals surface area contributed by atoms with E-state index in [-0.39, 0.29) is 11.5 Å². The molecule has 0 aromatic heterocycles. The van der Waals surface area contributed by atoms with E-state index in [0.717, 1.165) is 44.9 Å². The molecule has 3 unspecified atom stereocenters. The number of ether oxygens (including phenoxy) is 1. The standard InChI is InChI=1S/C15H27NO2/c1-13(2)5-7-15(17,8-6-13)14(10-16)9-11-3-4-12(14)18-11/h11-12,17H,3-10,16H2,1-2H3. The van der Waals surface area contributed by atoms with Crippen LogP contribution in [0.25, 0.3) is 0 Å². The molecular weight excluding hydrogens is 226 g/mol. The van der Waals surface area contributed by atoms with Gasteiger partial charge in [-0.05, 0) is 50.4 Å². The van der Waals surface area contributed by atoms with Crippen LogP contribution in [-0.4, -0.2) is 29.5 Å². The van der Waals surface area contributed by atoms with Gasteiger partial charge in [0.1, 0.15) is 0 Å². The van der Waals surface area contributed by atoms with Gasteiger partial charge >= 0.3 is 0 Å². The maximum absolute atomic E-state index is 11.2. The van der Waals surface area contributed by atoms with E-state index in [2.05, 4.69) is 13.8 Å². The summed E-state index contributed by atoms with van der Waals surface area (Å²) >= 11 is 0. The zero-order valence-electron chi connectivity index (χ0n) is 11.7. The van der Waals surface area contributed by atoms with Crippen molar-refractivity contribution >= 4 is 0 Å². The highest BCUT2D eigenvalue weighted by molar-refractivity contribution is 5.13. The predicted octanol–water partition coefficient (Wildman–Crippen LogP) is 2.21. The molecule has 3 rings (SSSR count). The first-order chi connectivity index (χ1) is 8.41. The summed E-state index contributed by atoms with van der Waals surface area (Å²) in [5.41, 5.74) is 5.73. The van der Waals surface area contributed by atoms with Crippen LogP contribution in [0.15, 0.2) is 0 Å². The minimum atomic E-state index is -0.586. The quantitative estimate of drug-likeness (QED) is 0.793. The Morgan fingerprint density at radius 3 is 2.28 bits per heavy atom. The smallest absolute Gasteiger partial charge is 0.0742 e. The molecule has 2 heterocycles. The lowest BCUT2D eigenvalue weighted by Gasteiger charge is -2.52. The summed E-state index contributed by atoms with van der Waals surface area (Å²) in [5.74, 6) is 0. The fourth-order valence-electron chi connectivity index (χ4n) is 4.53. The predicted molar refractivity (Wildman–Crippen MR) is 71.2 cm³/mol. The molecule has 1 saturated carbocycles. The average molecular weight is 253 g/mol. The zero-order valence-corrected chi connectivity index (χ0v) is 11.7. The van der Waals surface area contributed by atoms with Crippen molar-refractivity contribution in [2.45, 2.75) is 76.6 Å². The van der Waals surface area contributed by atoms with Crippen LogP contribution in [-0.2, 0) is 4.74 Å². The SMILES string of the molecule is CC1(C)CCC(O)(C2(CN)CC3CCC2O3)CC1. The molecule has 0 aromatic carbocycles. The van der Waals surface area contributed by atoms with Gasteiger partial charge in [-0.1, -0.05) is 13.8 Å². The van der Waals surface area contributed by atoms with Gasteiger partial charge in [-0.3, -0.25) is 0 Å². The summed E-state index contributed by atoms with van der Waals surface area (Å²) in [5, 5.41) is 11.2. The van der Waals surface area contributed by atoms with Gasteiger partial charge in [0.25, 0.3) is 0 Å². The fraction of sp³-hybridized carbons (Fsp3) is 1.00. The summed E-state index contributed by atoms with van der Waals surface area (Å²) in [6, 6.07) is 0. The van der Waals surface area contributed by atoms with Gasteiger partial charge < -0.3 is 15.6 Å². The first-order valence-corrected chi connectivity index (χ1v) is 7.49. The van der Waals surface area contributed by atoms with Crippen LogP contribution in [0, 0.1) is 10.8 Å². The third kappa shape index (κ3) is 1.67. The Morgan fingerprint density at radius 1 is 1.17 bits per heavy atom. The number of aliphatic hydroxyl groups is 1. The van der Waals surface area contributed by atoms with Gasteiger partial charge in [0.05, 0.1) is 17.8 Å². The zero-order chi connectivity index (χ0) is 13.0. The van der Waals surface area contributed by atoms with Gasteiger partial charge in [-0.15, -0.1) is 0 Å². The fourth-order valence-corrected chi connectivity index (χ4v) is 4.53. The van der Waals surface area contributed by atoms with E-state index < -0.39 is 5.60 Å². The van der Waals surface area contributed by atoms with Gasteiger partial charge in [-0.2, -0.15) is 0 Å². The van der Waals surface area contributed by atoms with Crippen molar-refractivity contribution in [3.63, 3.8) is 0 Å². The van der Waals surface area contributed by atoms with Crippen LogP contribution >= 0.6 is 0 Å². The van der Waals surface area contributed by atoms with Crippen LogP contribution in [0.5, 0.6) is 0 Å².